The van der Waals surface area contributed by atoms with Crippen LogP contribution >= 0.6 is 0 Å². The van der Waals surface area contributed by atoms with E-state index in [1.54, 1.807) is 41.1 Å². The molecule has 0 aliphatic carbocycles. The van der Waals surface area contributed by atoms with Gasteiger partial charge < -0.3 is 14.6 Å². The van der Waals surface area contributed by atoms with Crippen LogP contribution in [-0.4, -0.2) is 39.6 Å². The average molecular weight is 342 g/mol. The second-order valence-electron chi connectivity index (χ2n) is 6.08. The van der Waals surface area contributed by atoms with Crippen LogP contribution in [0.3, 0.4) is 0 Å². The number of imidazole rings is 1. The molecule has 1 aromatic carbocycles. The average Bonchev–Trinajstić information content (AvgIpc) is 3.20. The molecule has 1 saturated heterocycles. The van der Waals surface area contributed by atoms with Gasteiger partial charge in [0.05, 0.1) is 12.2 Å². The molecular formula is C18H16F2N4O. The lowest BCUT2D eigenvalue weighted by Gasteiger charge is -2.16. The van der Waals surface area contributed by atoms with E-state index in [1.807, 2.05) is 0 Å². The van der Waals surface area contributed by atoms with E-state index in [0.29, 0.717) is 35.6 Å². The fourth-order valence-electron chi connectivity index (χ4n) is 2.95. The van der Waals surface area contributed by atoms with Crippen LogP contribution in [0.4, 0.5) is 19.3 Å². The molecule has 3 heterocycles. The fourth-order valence-corrected chi connectivity index (χ4v) is 2.95. The number of amides is 2. The second kappa shape index (κ2) is 6.16. The Morgan fingerprint density at radius 1 is 1.28 bits per heavy atom. The summed E-state index contributed by atoms with van der Waals surface area (Å²) in [6.07, 6.45) is 2.99. The number of alkyl halides is 1. The maximum atomic E-state index is 13.4. The van der Waals surface area contributed by atoms with Gasteiger partial charge in [0.1, 0.15) is 17.6 Å². The highest BCUT2D eigenvalue weighted by Crippen LogP contribution is 2.22. The van der Waals surface area contributed by atoms with E-state index < -0.39 is 6.17 Å². The number of halogens is 2. The number of urea groups is 1. The molecule has 7 heteroatoms. The maximum Gasteiger partial charge on any atom is 0.321 e. The number of benzene rings is 1. The van der Waals surface area contributed by atoms with Crippen molar-refractivity contribution >= 4 is 17.4 Å². The van der Waals surface area contributed by atoms with Gasteiger partial charge in [0, 0.05) is 36.3 Å². The molecule has 25 heavy (non-hydrogen) atoms. The molecule has 0 unspecified atom stereocenters. The largest absolute Gasteiger partial charge is 0.322 e. The van der Waals surface area contributed by atoms with E-state index >= 15 is 0 Å². The Balaban J connectivity index is 1.57. The minimum atomic E-state index is -0.950. The number of likely N-dealkylation sites (tertiary alicyclic amines) is 1. The third-order valence-corrected chi connectivity index (χ3v) is 4.25. The van der Waals surface area contributed by atoms with Crippen LogP contribution in [0.5, 0.6) is 0 Å². The Labute approximate surface area is 142 Å². The van der Waals surface area contributed by atoms with Crippen LogP contribution in [0.1, 0.15) is 6.42 Å². The summed E-state index contributed by atoms with van der Waals surface area (Å²) < 4.78 is 28.4. The predicted molar refractivity (Wildman–Crippen MR) is 90.7 cm³/mol. The van der Waals surface area contributed by atoms with E-state index in [1.165, 1.54) is 17.0 Å². The minimum absolute atomic E-state index is 0.126. The lowest BCUT2D eigenvalue weighted by Crippen LogP contribution is -2.33. The van der Waals surface area contributed by atoms with Crippen molar-refractivity contribution in [3.05, 3.63) is 54.6 Å². The lowest BCUT2D eigenvalue weighted by molar-refractivity contribution is 0.218. The van der Waals surface area contributed by atoms with Crippen molar-refractivity contribution in [2.75, 3.05) is 18.4 Å². The molecule has 5 nitrogen and oxygen atoms in total. The molecule has 1 N–H and O–H groups in total. The SMILES string of the molecule is O=C(Nc1ccn2cc(-c3cccc(F)c3)nc2c1)N1CC[C@H](F)C1. The molecule has 1 fully saturated rings. The third kappa shape index (κ3) is 3.17. The Bertz CT molecular complexity index is 940. The molecule has 1 aliphatic heterocycles. The first-order chi connectivity index (χ1) is 12.1. The van der Waals surface area contributed by atoms with E-state index in [-0.39, 0.29) is 18.4 Å². The zero-order chi connectivity index (χ0) is 17.4. The third-order valence-electron chi connectivity index (χ3n) is 4.25. The summed E-state index contributed by atoms with van der Waals surface area (Å²) >= 11 is 0. The molecule has 0 radical (unpaired) electrons. The molecule has 4 rings (SSSR count). The van der Waals surface area contributed by atoms with Gasteiger partial charge in [-0.15, -0.1) is 0 Å². The summed E-state index contributed by atoms with van der Waals surface area (Å²) in [7, 11) is 0. The number of carbonyl (C=O) groups excluding carboxylic acids is 1. The van der Waals surface area contributed by atoms with Crippen molar-refractivity contribution in [2.24, 2.45) is 0 Å². The number of rotatable bonds is 2. The molecule has 1 aliphatic rings. The van der Waals surface area contributed by atoms with E-state index in [2.05, 4.69) is 10.3 Å². The predicted octanol–water partition coefficient (Wildman–Crippen LogP) is 3.72. The number of anilines is 1. The normalized spacial score (nSPS) is 17.2. The number of nitrogens with zero attached hydrogens (tertiary/aromatic N) is 3. The Kier molecular flexibility index (Phi) is 3.83. The fraction of sp³-hybridized carbons (Fsp3) is 0.222. The summed E-state index contributed by atoms with van der Waals surface area (Å²) in [5.74, 6) is -0.320. The summed E-state index contributed by atoms with van der Waals surface area (Å²) in [6.45, 7) is 0.545. The monoisotopic (exact) mass is 342 g/mol. The molecule has 128 valence electrons. The quantitative estimate of drug-likeness (QED) is 0.772. The number of aromatic nitrogens is 2. The molecule has 1 atom stereocenters. The minimum Gasteiger partial charge on any atom is -0.322 e. The maximum absolute atomic E-state index is 13.4. The van der Waals surface area contributed by atoms with Gasteiger partial charge in [-0.2, -0.15) is 0 Å². The smallest absolute Gasteiger partial charge is 0.321 e. The Hall–Kier alpha value is -2.96. The summed E-state index contributed by atoms with van der Waals surface area (Å²) in [4.78, 5) is 18.1. The van der Waals surface area contributed by atoms with Crippen molar-refractivity contribution in [3.8, 4) is 11.3 Å². The van der Waals surface area contributed by atoms with E-state index in [0.717, 1.165) is 0 Å². The first-order valence-corrected chi connectivity index (χ1v) is 8.03. The van der Waals surface area contributed by atoms with Crippen LogP contribution < -0.4 is 5.32 Å². The van der Waals surface area contributed by atoms with Gasteiger partial charge in [0.2, 0.25) is 0 Å². The van der Waals surface area contributed by atoms with Crippen molar-refractivity contribution in [1.82, 2.24) is 14.3 Å². The molecular weight excluding hydrogens is 326 g/mol. The molecule has 0 saturated carbocycles. The highest BCUT2D eigenvalue weighted by atomic mass is 19.1. The highest BCUT2D eigenvalue weighted by Gasteiger charge is 2.25. The van der Waals surface area contributed by atoms with Gasteiger partial charge in [-0.3, -0.25) is 0 Å². The summed E-state index contributed by atoms with van der Waals surface area (Å²) in [6, 6.07) is 9.37. The van der Waals surface area contributed by atoms with Crippen LogP contribution in [-0.2, 0) is 0 Å². The number of hydrogen-bond acceptors (Lipinski definition) is 2. The van der Waals surface area contributed by atoms with Crippen LogP contribution in [0.15, 0.2) is 48.8 Å². The first kappa shape index (κ1) is 15.6. The van der Waals surface area contributed by atoms with Gasteiger partial charge in [-0.1, -0.05) is 12.1 Å². The number of pyridine rings is 1. The van der Waals surface area contributed by atoms with E-state index in [9.17, 15) is 13.6 Å². The number of hydrogen-bond donors (Lipinski definition) is 1. The molecule has 0 bridgehead atoms. The van der Waals surface area contributed by atoms with Gasteiger partial charge in [-0.25, -0.2) is 18.6 Å². The van der Waals surface area contributed by atoms with Crippen LogP contribution in [0.2, 0.25) is 0 Å². The van der Waals surface area contributed by atoms with Gasteiger partial charge in [0.15, 0.2) is 0 Å². The van der Waals surface area contributed by atoms with Gasteiger partial charge in [0.25, 0.3) is 0 Å². The Morgan fingerprint density at radius 3 is 2.92 bits per heavy atom. The summed E-state index contributed by atoms with van der Waals surface area (Å²) in [5, 5.41) is 2.76. The number of nitrogens with one attached hydrogen (secondary N) is 1. The van der Waals surface area contributed by atoms with Gasteiger partial charge >= 0.3 is 6.03 Å². The van der Waals surface area contributed by atoms with Crippen LogP contribution in [0, 0.1) is 5.82 Å². The second-order valence-corrected chi connectivity index (χ2v) is 6.08. The van der Waals surface area contributed by atoms with Gasteiger partial charge in [-0.05, 0) is 24.6 Å². The number of fused-ring (bicyclic) bond motifs is 1. The van der Waals surface area contributed by atoms with Crippen molar-refractivity contribution in [1.29, 1.82) is 0 Å². The lowest BCUT2D eigenvalue weighted by atomic mass is 10.2. The topological polar surface area (TPSA) is 49.6 Å². The molecule has 3 aromatic rings. The number of carbonyl (C=O) groups is 1. The highest BCUT2D eigenvalue weighted by molar-refractivity contribution is 5.90. The van der Waals surface area contributed by atoms with Crippen molar-refractivity contribution < 1.29 is 13.6 Å². The summed E-state index contributed by atoms with van der Waals surface area (Å²) in [5.41, 5.74) is 2.53. The van der Waals surface area contributed by atoms with Crippen molar-refractivity contribution in [3.63, 3.8) is 0 Å². The first-order valence-electron chi connectivity index (χ1n) is 8.03. The zero-order valence-corrected chi connectivity index (χ0v) is 13.3. The zero-order valence-electron chi connectivity index (χ0n) is 13.3. The molecule has 2 amide bonds. The molecule has 2 aromatic heterocycles. The van der Waals surface area contributed by atoms with Crippen LogP contribution in [0.25, 0.3) is 16.9 Å². The standard InChI is InChI=1S/C18H16F2N4O/c19-13-3-1-2-12(8-13)16-11-23-7-5-15(9-17(23)22-16)21-18(25)24-6-4-14(20)10-24/h1-3,5,7-9,11,14H,4,6,10H2,(H,21,25)/t14-/m0/s1. The Morgan fingerprint density at radius 2 is 2.16 bits per heavy atom. The van der Waals surface area contributed by atoms with E-state index in [4.69, 9.17) is 0 Å². The van der Waals surface area contributed by atoms with Crippen molar-refractivity contribution in [2.45, 2.75) is 12.6 Å². The molecule has 0 spiro atoms.